The Kier molecular flexibility index (Phi) is 4.65. The molecule has 128 valence electrons. The van der Waals surface area contributed by atoms with Crippen molar-refractivity contribution in [2.45, 2.75) is 16.6 Å². The highest BCUT2D eigenvalue weighted by molar-refractivity contribution is 8.00. The Morgan fingerprint density at radius 1 is 1.21 bits per heavy atom. The van der Waals surface area contributed by atoms with E-state index in [4.69, 9.17) is 22.6 Å². The minimum atomic E-state index is -4.72. The number of nitrogens with two attached hydrogens (primary N) is 1. The van der Waals surface area contributed by atoms with Crippen LogP contribution in [-0.2, 0) is 6.18 Å². The molecule has 0 unspecified atom stereocenters. The molecule has 0 atom stereocenters. The second-order valence-electron chi connectivity index (χ2n) is 4.30. The maximum absolute atomic E-state index is 12.6. The van der Waals surface area contributed by atoms with Gasteiger partial charge in [0.1, 0.15) is 11.9 Å². The second-order valence-corrected chi connectivity index (χ2v) is 5.78. The Balaban J connectivity index is 2.57. The van der Waals surface area contributed by atoms with Crippen LogP contribution in [0.4, 0.5) is 32.2 Å². The van der Waals surface area contributed by atoms with Gasteiger partial charge in [0.05, 0.1) is 21.2 Å². The number of nitriles is 1. The number of alkyl halides is 6. The molecule has 0 radical (unpaired) electrons. The van der Waals surface area contributed by atoms with Crippen molar-refractivity contribution in [3.8, 4) is 11.8 Å². The number of thioether (sulfide) groups is 1. The van der Waals surface area contributed by atoms with Crippen molar-refractivity contribution in [1.29, 1.82) is 5.26 Å². The average Bonchev–Trinajstić information content (AvgIpc) is 2.73. The molecule has 0 aliphatic heterocycles. The number of aromatic nitrogens is 2. The van der Waals surface area contributed by atoms with Gasteiger partial charge in [-0.3, -0.25) is 0 Å². The van der Waals surface area contributed by atoms with Crippen LogP contribution in [0.1, 0.15) is 11.3 Å². The van der Waals surface area contributed by atoms with Gasteiger partial charge in [0.15, 0.2) is 5.69 Å². The molecule has 12 heteroatoms. The number of hydrogen-bond acceptors (Lipinski definition) is 4. The molecule has 1 heterocycles. The van der Waals surface area contributed by atoms with E-state index in [0.29, 0.717) is 16.8 Å². The third-order valence-corrected chi connectivity index (χ3v) is 3.84. The summed E-state index contributed by atoms with van der Waals surface area (Å²) in [6, 6.07) is 3.60. The van der Waals surface area contributed by atoms with Gasteiger partial charge >= 0.3 is 11.7 Å². The molecule has 0 bridgehead atoms. The van der Waals surface area contributed by atoms with E-state index in [1.54, 1.807) is 0 Å². The first-order valence-electron chi connectivity index (χ1n) is 5.85. The summed E-state index contributed by atoms with van der Waals surface area (Å²) in [5.41, 5.74) is -1.02. The molecular formula is C12H5ClF6N4S. The molecule has 0 fully saturated rings. The van der Waals surface area contributed by atoms with Crippen LogP contribution in [0.2, 0.25) is 5.02 Å². The van der Waals surface area contributed by atoms with Crippen LogP contribution >= 0.6 is 23.4 Å². The lowest BCUT2D eigenvalue weighted by Gasteiger charge is -2.11. The van der Waals surface area contributed by atoms with Crippen molar-refractivity contribution in [2.75, 3.05) is 5.73 Å². The number of nitrogens with zero attached hydrogens (tertiary/aromatic N) is 3. The number of anilines is 1. The predicted octanol–water partition coefficient (Wildman–Crippen LogP) is 4.61. The number of benzene rings is 1. The van der Waals surface area contributed by atoms with Crippen LogP contribution < -0.4 is 5.73 Å². The Hall–Kier alpha value is -2.06. The fourth-order valence-corrected chi connectivity index (χ4v) is 2.61. The lowest BCUT2D eigenvalue weighted by atomic mass is 10.2. The molecule has 1 aromatic carbocycles. The zero-order chi connectivity index (χ0) is 18.3. The summed E-state index contributed by atoms with van der Waals surface area (Å²) in [6.07, 6.45) is -4.65. The van der Waals surface area contributed by atoms with Gasteiger partial charge in [-0.2, -0.15) is 36.7 Å². The first kappa shape index (κ1) is 18.3. The van der Waals surface area contributed by atoms with Crippen molar-refractivity contribution in [2.24, 2.45) is 0 Å². The van der Waals surface area contributed by atoms with Crippen LogP contribution in [0.15, 0.2) is 23.1 Å². The fraction of sp³-hybridized carbons (Fsp3) is 0.167. The number of hydrogen-bond donors (Lipinski definition) is 1. The smallest absolute Gasteiger partial charge is 0.383 e. The highest BCUT2D eigenvalue weighted by Gasteiger charge is 2.35. The highest BCUT2D eigenvalue weighted by Crippen LogP contribution is 2.42. The summed E-state index contributed by atoms with van der Waals surface area (Å²) in [6.45, 7) is 0. The fourth-order valence-electron chi connectivity index (χ4n) is 1.74. The zero-order valence-corrected chi connectivity index (χ0v) is 12.8. The van der Waals surface area contributed by atoms with E-state index in [9.17, 15) is 26.3 Å². The highest BCUT2D eigenvalue weighted by atomic mass is 35.5. The summed E-state index contributed by atoms with van der Waals surface area (Å²) >= 11 is 5.10. The Bertz CT molecular complexity index is 821. The summed E-state index contributed by atoms with van der Waals surface area (Å²) in [7, 11) is 0. The van der Waals surface area contributed by atoms with Gasteiger partial charge in [0.2, 0.25) is 0 Å². The number of rotatable bonds is 2. The largest absolute Gasteiger partial charge is 0.446 e. The quantitative estimate of drug-likeness (QED) is 0.604. The molecule has 0 saturated heterocycles. The van der Waals surface area contributed by atoms with E-state index >= 15 is 0 Å². The number of nitrogen functional groups attached to an aromatic ring is 1. The first-order valence-corrected chi connectivity index (χ1v) is 7.05. The van der Waals surface area contributed by atoms with Gasteiger partial charge in [-0.05, 0) is 30.0 Å². The molecular weight excluding hydrogens is 382 g/mol. The van der Waals surface area contributed by atoms with Crippen LogP contribution in [0.3, 0.4) is 0 Å². The molecule has 2 N–H and O–H groups in total. The zero-order valence-electron chi connectivity index (χ0n) is 11.2. The van der Waals surface area contributed by atoms with E-state index in [0.717, 1.165) is 6.07 Å². The maximum Gasteiger partial charge on any atom is 0.446 e. The van der Waals surface area contributed by atoms with Gasteiger partial charge in [0, 0.05) is 0 Å². The van der Waals surface area contributed by atoms with Gasteiger partial charge in [-0.15, -0.1) is 0 Å². The lowest BCUT2D eigenvalue weighted by molar-refractivity contribution is -0.137. The summed E-state index contributed by atoms with van der Waals surface area (Å²) in [4.78, 5) is -0.652. The van der Waals surface area contributed by atoms with E-state index in [-0.39, 0.29) is 5.69 Å². The van der Waals surface area contributed by atoms with Gasteiger partial charge < -0.3 is 5.73 Å². The molecule has 0 aliphatic rings. The van der Waals surface area contributed by atoms with Gasteiger partial charge in [0.25, 0.3) is 0 Å². The Morgan fingerprint density at radius 3 is 2.29 bits per heavy atom. The summed E-state index contributed by atoms with van der Waals surface area (Å²) in [5, 5.41) is 12.0. The lowest BCUT2D eigenvalue weighted by Crippen LogP contribution is -2.08. The van der Waals surface area contributed by atoms with E-state index < -0.39 is 50.4 Å². The van der Waals surface area contributed by atoms with E-state index in [1.807, 2.05) is 0 Å². The van der Waals surface area contributed by atoms with Gasteiger partial charge in [-0.25, -0.2) is 4.68 Å². The molecule has 4 nitrogen and oxygen atoms in total. The molecule has 0 amide bonds. The van der Waals surface area contributed by atoms with Gasteiger partial charge in [-0.1, -0.05) is 11.6 Å². The van der Waals surface area contributed by atoms with E-state index in [2.05, 4.69) is 5.10 Å². The first-order chi connectivity index (χ1) is 10.9. The molecule has 0 saturated carbocycles. The van der Waals surface area contributed by atoms with Crippen molar-refractivity contribution in [3.63, 3.8) is 0 Å². The molecule has 0 spiro atoms. The monoisotopic (exact) mass is 386 g/mol. The maximum atomic E-state index is 12.6. The molecule has 1 aromatic heterocycles. The molecule has 0 aliphatic carbocycles. The Labute approximate surface area is 139 Å². The van der Waals surface area contributed by atoms with Crippen molar-refractivity contribution >= 4 is 29.2 Å². The average molecular weight is 387 g/mol. The normalized spacial score (nSPS) is 12.2. The molecule has 2 rings (SSSR count). The van der Waals surface area contributed by atoms with Crippen molar-refractivity contribution in [1.82, 2.24) is 9.78 Å². The third-order valence-electron chi connectivity index (χ3n) is 2.70. The topological polar surface area (TPSA) is 67.6 Å². The summed E-state index contributed by atoms with van der Waals surface area (Å²) in [5.74, 6) is -0.560. The van der Waals surface area contributed by atoms with Crippen molar-refractivity contribution < 1.29 is 26.3 Å². The Morgan fingerprint density at radius 2 is 1.83 bits per heavy atom. The minimum absolute atomic E-state index is 0.187. The van der Waals surface area contributed by atoms with Crippen LogP contribution in [-0.4, -0.2) is 15.3 Å². The minimum Gasteiger partial charge on any atom is -0.383 e. The van der Waals surface area contributed by atoms with Crippen molar-refractivity contribution in [3.05, 3.63) is 34.5 Å². The SMILES string of the molecule is N#Cc1nn(-c2ccc(C(F)(F)F)cc2Cl)c(N)c1SC(F)(F)F. The summed E-state index contributed by atoms with van der Waals surface area (Å²) < 4.78 is 76.1. The number of halogens is 7. The standard InChI is InChI=1S/C12H5ClF6N4S/c13-6-3-5(11(14,15)16)1-2-8(6)23-10(21)9(7(4-20)22-23)24-12(17,18)19/h1-3H,21H2. The molecule has 24 heavy (non-hydrogen) atoms. The predicted molar refractivity (Wildman–Crippen MR) is 74.6 cm³/mol. The van der Waals surface area contributed by atoms with E-state index in [1.165, 1.54) is 6.07 Å². The third kappa shape index (κ3) is 3.70. The van der Waals surface area contributed by atoms with Crippen LogP contribution in [0, 0.1) is 11.3 Å². The second kappa shape index (κ2) is 6.10. The molecule has 2 aromatic rings. The van der Waals surface area contributed by atoms with Crippen LogP contribution in [0.5, 0.6) is 0 Å². The van der Waals surface area contributed by atoms with Crippen LogP contribution in [0.25, 0.3) is 5.69 Å².